The van der Waals surface area contributed by atoms with Crippen LogP contribution >= 0.6 is 15.9 Å². The molecule has 1 aromatic rings. The topological polar surface area (TPSA) is 66.9 Å². The smallest absolute Gasteiger partial charge is 0.241 e. The molecule has 1 amide bonds. The lowest BCUT2D eigenvalue weighted by atomic mass is 9.96. The number of nitrogens with one attached hydrogen (secondary N) is 2. The van der Waals surface area contributed by atoms with Gasteiger partial charge in [-0.25, -0.2) is 9.97 Å². The fourth-order valence-electron chi connectivity index (χ4n) is 1.33. The van der Waals surface area contributed by atoms with Gasteiger partial charge in [0.05, 0.1) is 0 Å². The Kier molecular flexibility index (Phi) is 4.67. The van der Waals surface area contributed by atoms with E-state index in [4.69, 9.17) is 0 Å². The van der Waals surface area contributed by atoms with Crippen LogP contribution in [0.25, 0.3) is 0 Å². The van der Waals surface area contributed by atoms with Gasteiger partial charge in [0, 0.05) is 18.5 Å². The molecule has 0 radical (unpaired) electrons. The molecule has 0 aliphatic heterocycles. The number of halogens is 1. The maximum atomic E-state index is 11.5. The first-order chi connectivity index (χ1) is 8.24. The summed E-state index contributed by atoms with van der Waals surface area (Å²) in [5, 5.41) is 5.64. The van der Waals surface area contributed by atoms with Gasteiger partial charge in [-0.2, -0.15) is 0 Å². The number of amides is 1. The van der Waals surface area contributed by atoms with Crippen LogP contribution in [-0.4, -0.2) is 29.0 Å². The Balaban J connectivity index is 2.97. The number of hydrogen-bond donors (Lipinski definition) is 2. The van der Waals surface area contributed by atoms with Crippen LogP contribution in [0.4, 0.5) is 5.82 Å². The Hall–Kier alpha value is -1.17. The normalized spacial score (nSPS) is 13.0. The fourth-order valence-corrected chi connectivity index (χ4v) is 1.72. The van der Waals surface area contributed by atoms with Crippen molar-refractivity contribution in [2.75, 3.05) is 12.4 Å². The van der Waals surface area contributed by atoms with Gasteiger partial charge in [0.25, 0.3) is 0 Å². The summed E-state index contributed by atoms with van der Waals surface area (Å²) in [5.74, 6) is 1.28. The van der Waals surface area contributed by atoms with Crippen LogP contribution in [0.3, 0.4) is 0 Å². The third kappa shape index (κ3) is 3.94. The van der Waals surface area contributed by atoms with E-state index >= 15 is 0 Å². The highest BCUT2D eigenvalue weighted by Gasteiger charge is 2.19. The average Bonchev–Trinajstić information content (AvgIpc) is 2.25. The highest BCUT2D eigenvalue weighted by Crippen LogP contribution is 2.22. The van der Waals surface area contributed by atoms with E-state index in [0.717, 1.165) is 5.82 Å². The Bertz CT molecular complexity index is 442. The summed E-state index contributed by atoms with van der Waals surface area (Å²) in [5.41, 5.74) is -0.142. The van der Waals surface area contributed by atoms with Crippen LogP contribution in [0.1, 0.15) is 33.5 Å². The lowest BCUT2D eigenvalue weighted by Crippen LogP contribution is -2.35. The summed E-state index contributed by atoms with van der Waals surface area (Å²) >= 11 is 3.36. The van der Waals surface area contributed by atoms with Gasteiger partial charge in [0.2, 0.25) is 5.91 Å². The summed E-state index contributed by atoms with van der Waals surface area (Å²) in [4.78, 5) is 20.2. The Morgan fingerprint density at radius 1 is 1.39 bits per heavy atom. The summed E-state index contributed by atoms with van der Waals surface area (Å²) in [6, 6.07) is 1.42. The fraction of sp³-hybridized carbons (Fsp3) is 0.583. The largest absolute Gasteiger partial charge is 0.358 e. The molecule has 0 bridgehead atoms. The number of rotatable bonds is 3. The quantitative estimate of drug-likeness (QED) is 0.838. The third-order valence-electron chi connectivity index (χ3n) is 2.37. The first kappa shape index (κ1) is 14.9. The van der Waals surface area contributed by atoms with Gasteiger partial charge in [-0.05, 0) is 22.9 Å². The lowest BCUT2D eigenvalue weighted by Gasteiger charge is -2.19. The number of likely N-dealkylation sites (N-methyl/N-ethyl adjacent to an activating group) is 1. The third-order valence-corrected chi connectivity index (χ3v) is 2.78. The second-order valence-electron chi connectivity index (χ2n) is 5.13. The molecule has 1 rings (SSSR count). The van der Waals surface area contributed by atoms with E-state index in [1.54, 1.807) is 20.0 Å². The molecule has 0 aromatic carbocycles. The minimum Gasteiger partial charge on any atom is -0.358 e. The van der Waals surface area contributed by atoms with Crippen LogP contribution < -0.4 is 10.6 Å². The minimum absolute atomic E-state index is 0.0814. The monoisotopic (exact) mass is 314 g/mol. The maximum Gasteiger partial charge on any atom is 0.241 e. The minimum atomic E-state index is -0.343. The highest BCUT2D eigenvalue weighted by molar-refractivity contribution is 9.10. The van der Waals surface area contributed by atoms with Crippen molar-refractivity contribution in [2.45, 2.75) is 39.2 Å². The summed E-state index contributed by atoms with van der Waals surface area (Å²) in [7, 11) is 1.61. The van der Waals surface area contributed by atoms with Crippen molar-refractivity contribution in [1.82, 2.24) is 15.3 Å². The van der Waals surface area contributed by atoms with E-state index < -0.39 is 0 Å². The van der Waals surface area contributed by atoms with Crippen LogP contribution in [-0.2, 0) is 10.2 Å². The van der Waals surface area contributed by atoms with Crippen LogP contribution in [0.15, 0.2) is 10.7 Å². The van der Waals surface area contributed by atoms with E-state index in [2.05, 4.69) is 36.5 Å². The maximum absolute atomic E-state index is 11.5. The van der Waals surface area contributed by atoms with Crippen molar-refractivity contribution >= 4 is 27.7 Å². The first-order valence-electron chi connectivity index (χ1n) is 5.77. The van der Waals surface area contributed by atoms with Gasteiger partial charge < -0.3 is 10.6 Å². The Morgan fingerprint density at radius 2 is 2.00 bits per heavy atom. The van der Waals surface area contributed by atoms with Crippen LogP contribution in [0, 0.1) is 0 Å². The second kappa shape index (κ2) is 5.65. The predicted molar refractivity (Wildman–Crippen MR) is 75.6 cm³/mol. The molecular formula is C12H19BrN4O. The molecule has 1 atom stereocenters. The van der Waals surface area contributed by atoms with Gasteiger partial charge in [-0.15, -0.1) is 0 Å². The van der Waals surface area contributed by atoms with Crippen molar-refractivity contribution in [3.63, 3.8) is 0 Å². The molecule has 18 heavy (non-hydrogen) atoms. The van der Waals surface area contributed by atoms with Crippen molar-refractivity contribution in [2.24, 2.45) is 0 Å². The van der Waals surface area contributed by atoms with E-state index in [0.29, 0.717) is 10.4 Å². The van der Waals surface area contributed by atoms with Gasteiger partial charge in [-0.3, -0.25) is 4.79 Å². The Labute approximate surface area is 116 Å². The number of hydrogen-bond acceptors (Lipinski definition) is 4. The van der Waals surface area contributed by atoms with Crippen LogP contribution in [0.5, 0.6) is 0 Å². The SMILES string of the molecule is CNC(=O)C(C)Nc1cc(Br)nc(C(C)(C)C)n1. The number of carbonyl (C=O) groups is 1. The molecule has 0 spiro atoms. The molecule has 1 heterocycles. The number of anilines is 1. The number of nitrogens with zero attached hydrogens (tertiary/aromatic N) is 2. The molecule has 0 fully saturated rings. The van der Waals surface area contributed by atoms with Crippen molar-refractivity contribution < 1.29 is 4.79 Å². The van der Waals surface area contributed by atoms with Gasteiger partial charge in [0.15, 0.2) is 0 Å². The lowest BCUT2D eigenvalue weighted by molar-refractivity contribution is -0.121. The summed E-state index contributed by atoms with van der Waals surface area (Å²) in [6.45, 7) is 7.91. The predicted octanol–water partition coefficient (Wildman–Crippen LogP) is 2.08. The first-order valence-corrected chi connectivity index (χ1v) is 6.56. The molecule has 5 nitrogen and oxygen atoms in total. The zero-order valence-corrected chi connectivity index (χ0v) is 12.9. The average molecular weight is 315 g/mol. The highest BCUT2D eigenvalue weighted by atomic mass is 79.9. The molecule has 2 N–H and O–H groups in total. The molecule has 0 aliphatic carbocycles. The van der Waals surface area contributed by atoms with E-state index in [1.807, 2.05) is 20.8 Å². The standard InChI is InChI=1S/C12H19BrN4O/c1-7(10(18)14-5)15-9-6-8(13)16-11(17-9)12(2,3)4/h6-7H,1-5H3,(H,14,18)(H,15,16,17). The van der Waals surface area contributed by atoms with Crippen LogP contribution in [0.2, 0.25) is 0 Å². The van der Waals surface area contributed by atoms with E-state index in [9.17, 15) is 4.79 Å². The molecule has 0 saturated heterocycles. The molecule has 6 heteroatoms. The van der Waals surface area contributed by atoms with Gasteiger partial charge >= 0.3 is 0 Å². The summed E-state index contributed by atoms with van der Waals surface area (Å²) < 4.78 is 0.703. The molecule has 1 unspecified atom stereocenters. The molecule has 0 saturated carbocycles. The number of carbonyl (C=O) groups excluding carboxylic acids is 1. The summed E-state index contributed by atoms with van der Waals surface area (Å²) in [6.07, 6.45) is 0. The number of aromatic nitrogens is 2. The molecule has 1 aromatic heterocycles. The molecule has 100 valence electrons. The second-order valence-corrected chi connectivity index (χ2v) is 5.94. The van der Waals surface area contributed by atoms with Gasteiger partial charge in [-0.1, -0.05) is 20.8 Å². The molecular weight excluding hydrogens is 296 g/mol. The zero-order valence-electron chi connectivity index (χ0n) is 11.3. The van der Waals surface area contributed by atoms with Gasteiger partial charge in [0.1, 0.15) is 22.3 Å². The van der Waals surface area contributed by atoms with E-state index in [-0.39, 0.29) is 17.4 Å². The van der Waals surface area contributed by atoms with Crippen molar-refractivity contribution in [3.8, 4) is 0 Å². The molecule has 0 aliphatic rings. The van der Waals surface area contributed by atoms with Crippen molar-refractivity contribution in [1.29, 1.82) is 0 Å². The van der Waals surface area contributed by atoms with E-state index in [1.165, 1.54) is 0 Å². The van der Waals surface area contributed by atoms with Crippen molar-refractivity contribution in [3.05, 3.63) is 16.5 Å². The Morgan fingerprint density at radius 3 is 2.50 bits per heavy atom. The zero-order chi connectivity index (χ0) is 13.9.